The van der Waals surface area contributed by atoms with Crippen molar-refractivity contribution >= 4 is 28.8 Å². The standard InChI is InChI=1S/C15H11ClFNO2S/c16-11-3-4-13(14(17)7-11)15(20)18-8-12-6-10(9-21-12)2-1-5-19/h3-4,6-7,9,19H,5,8H2,(H,18,20). The molecule has 0 bridgehead atoms. The lowest BCUT2D eigenvalue weighted by Gasteiger charge is -2.05. The molecule has 1 aromatic carbocycles. The summed E-state index contributed by atoms with van der Waals surface area (Å²) in [5.41, 5.74) is 0.729. The summed E-state index contributed by atoms with van der Waals surface area (Å²) in [5.74, 6) is 4.16. The van der Waals surface area contributed by atoms with Crippen molar-refractivity contribution in [1.29, 1.82) is 0 Å². The minimum Gasteiger partial charge on any atom is -0.384 e. The summed E-state index contributed by atoms with van der Waals surface area (Å²) < 4.78 is 13.6. The fourth-order valence-corrected chi connectivity index (χ4v) is 2.53. The molecule has 2 N–H and O–H groups in total. The van der Waals surface area contributed by atoms with Gasteiger partial charge < -0.3 is 10.4 Å². The van der Waals surface area contributed by atoms with Gasteiger partial charge in [-0.05, 0) is 24.3 Å². The van der Waals surface area contributed by atoms with E-state index in [9.17, 15) is 9.18 Å². The van der Waals surface area contributed by atoms with Crippen LogP contribution in [-0.2, 0) is 6.54 Å². The SMILES string of the molecule is O=C(NCc1cc(C#CCO)cs1)c1ccc(Cl)cc1F. The molecule has 0 saturated heterocycles. The molecular weight excluding hydrogens is 313 g/mol. The van der Waals surface area contributed by atoms with Crippen LogP contribution in [0, 0.1) is 17.7 Å². The number of hydrogen-bond donors (Lipinski definition) is 2. The molecule has 0 unspecified atom stereocenters. The maximum atomic E-state index is 13.6. The van der Waals surface area contributed by atoms with E-state index in [0.29, 0.717) is 0 Å². The number of aliphatic hydroxyl groups excluding tert-OH is 1. The van der Waals surface area contributed by atoms with Crippen molar-refractivity contribution in [2.75, 3.05) is 6.61 Å². The minimum atomic E-state index is -0.652. The Hall–Kier alpha value is -1.87. The Labute approximate surface area is 130 Å². The lowest BCUT2D eigenvalue weighted by atomic mass is 10.2. The molecule has 2 aromatic rings. The molecule has 0 spiro atoms. The Bertz CT molecular complexity index is 718. The summed E-state index contributed by atoms with van der Waals surface area (Å²) in [5, 5.41) is 13.3. The summed E-state index contributed by atoms with van der Waals surface area (Å²) in [6.07, 6.45) is 0. The summed E-state index contributed by atoms with van der Waals surface area (Å²) in [6, 6.07) is 5.73. The molecule has 2 rings (SSSR count). The van der Waals surface area contributed by atoms with E-state index in [2.05, 4.69) is 17.2 Å². The van der Waals surface area contributed by atoms with Gasteiger partial charge in [-0.3, -0.25) is 4.79 Å². The number of hydrogen-bond acceptors (Lipinski definition) is 3. The highest BCUT2D eigenvalue weighted by molar-refractivity contribution is 7.10. The van der Waals surface area contributed by atoms with Crippen molar-refractivity contribution in [3.8, 4) is 11.8 Å². The molecule has 0 saturated carbocycles. The molecule has 0 fully saturated rings. The van der Waals surface area contributed by atoms with Crippen molar-refractivity contribution in [3.63, 3.8) is 0 Å². The van der Waals surface area contributed by atoms with Crippen LogP contribution in [0.4, 0.5) is 4.39 Å². The number of benzene rings is 1. The van der Waals surface area contributed by atoms with Crippen molar-refractivity contribution in [2.45, 2.75) is 6.54 Å². The number of halogens is 2. The number of carbonyl (C=O) groups excluding carboxylic acids is 1. The quantitative estimate of drug-likeness (QED) is 0.853. The van der Waals surface area contributed by atoms with E-state index in [0.717, 1.165) is 16.5 Å². The van der Waals surface area contributed by atoms with Crippen molar-refractivity contribution in [1.82, 2.24) is 5.32 Å². The van der Waals surface area contributed by atoms with Crippen molar-refractivity contribution in [3.05, 3.63) is 56.5 Å². The van der Waals surface area contributed by atoms with Gasteiger partial charge in [0.15, 0.2) is 0 Å². The molecule has 1 amide bonds. The third kappa shape index (κ3) is 4.30. The van der Waals surface area contributed by atoms with E-state index in [-0.39, 0.29) is 23.7 Å². The van der Waals surface area contributed by atoms with Crippen LogP contribution in [0.15, 0.2) is 29.6 Å². The molecule has 0 aliphatic heterocycles. The Morgan fingerprint density at radius 2 is 2.24 bits per heavy atom. The van der Waals surface area contributed by atoms with E-state index in [1.807, 2.05) is 11.4 Å². The van der Waals surface area contributed by atoms with E-state index >= 15 is 0 Å². The number of aliphatic hydroxyl groups is 1. The second kappa shape index (κ2) is 7.23. The second-order valence-electron chi connectivity index (χ2n) is 4.07. The van der Waals surface area contributed by atoms with Gasteiger partial charge in [0.1, 0.15) is 12.4 Å². The highest BCUT2D eigenvalue weighted by Crippen LogP contribution is 2.16. The van der Waals surface area contributed by atoms with Crippen LogP contribution < -0.4 is 5.32 Å². The van der Waals surface area contributed by atoms with Crippen LogP contribution in [0.1, 0.15) is 20.8 Å². The van der Waals surface area contributed by atoms with Crippen LogP contribution in [0.2, 0.25) is 5.02 Å². The molecule has 1 aromatic heterocycles. The average Bonchev–Trinajstić information content (AvgIpc) is 2.90. The lowest BCUT2D eigenvalue weighted by molar-refractivity contribution is 0.0947. The first-order valence-electron chi connectivity index (χ1n) is 6.00. The second-order valence-corrected chi connectivity index (χ2v) is 5.50. The monoisotopic (exact) mass is 323 g/mol. The Balaban J connectivity index is 1.99. The molecule has 0 aliphatic carbocycles. The average molecular weight is 324 g/mol. The van der Waals surface area contributed by atoms with Gasteiger partial charge in [-0.25, -0.2) is 4.39 Å². The normalized spacial score (nSPS) is 9.86. The zero-order valence-electron chi connectivity index (χ0n) is 10.8. The number of amides is 1. The summed E-state index contributed by atoms with van der Waals surface area (Å²) in [7, 11) is 0. The fraction of sp³-hybridized carbons (Fsp3) is 0.133. The summed E-state index contributed by atoms with van der Waals surface area (Å²) >= 11 is 7.07. The lowest BCUT2D eigenvalue weighted by Crippen LogP contribution is -2.23. The van der Waals surface area contributed by atoms with Crippen LogP contribution in [-0.4, -0.2) is 17.6 Å². The fourth-order valence-electron chi connectivity index (χ4n) is 1.62. The molecule has 1 heterocycles. The Kier molecular flexibility index (Phi) is 5.34. The molecule has 0 radical (unpaired) electrons. The van der Waals surface area contributed by atoms with Gasteiger partial charge in [-0.1, -0.05) is 23.4 Å². The number of thiophene rings is 1. The Morgan fingerprint density at radius 3 is 2.95 bits per heavy atom. The number of carbonyl (C=O) groups is 1. The zero-order valence-corrected chi connectivity index (χ0v) is 12.4. The molecule has 0 atom stereocenters. The molecule has 3 nitrogen and oxygen atoms in total. The zero-order chi connectivity index (χ0) is 15.2. The predicted molar refractivity (Wildman–Crippen MR) is 80.9 cm³/mol. The van der Waals surface area contributed by atoms with E-state index in [1.165, 1.54) is 23.5 Å². The smallest absolute Gasteiger partial charge is 0.254 e. The van der Waals surface area contributed by atoms with E-state index in [1.54, 1.807) is 0 Å². The van der Waals surface area contributed by atoms with Gasteiger partial charge in [-0.15, -0.1) is 11.3 Å². The van der Waals surface area contributed by atoms with Gasteiger partial charge in [0.25, 0.3) is 5.91 Å². The molecule has 108 valence electrons. The van der Waals surface area contributed by atoms with Crippen molar-refractivity contribution < 1.29 is 14.3 Å². The van der Waals surface area contributed by atoms with E-state index < -0.39 is 11.7 Å². The minimum absolute atomic E-state index is 0.0451. The summed E-state index contributed by atoms with van der Waals surface area (Å²) in [6.45, 7) is 0.0874. The predicted octanol–water partition coefficient (Wildman–Crippen LogP) is 2.81. The number of rotatable bonds is 3. The van der Waals surface area contributed by atoms with Crippen LogP contribution in [0.25, 0.3) is 0 Å². The maximum Gasteiger partial charge on any atom is 0.254 e. The molecular formula is C15H11ClFNO2S. The molecule has 21 heavy (non-hydrogen) atoms. The Morgan fingerprint density at radius 1 is 1.43 bits per heavy atom. The summed E-state index contributed by atoms with van der Waals surface area (Å²) in [4.78, 5) is 12.8. The maximum absolute atomic E-state index is 13.6. The van der Waals surface area contributed by atoms with Gasteiger partial charge >= 0.3 is 0 Å². The van der Waals surface area contributed by atoms with Gasteiger partial charge in [0.2, 0.25) is 0 Å². The molecule has 6 heteroatoms. The first-order chi connectivity index (χ1) is 10.1. The highest BCUT2D eigenvalue weighted by Gasteiger charge is 2.11. The van der Waals surface area contributed by atoms with Crippen LogP contribution in [0.3, 0.4) is 0 Å². The van der Waals surface area contributed by atoms with E-state index in [4.69, 9.17) is 16.7 Å². The first kappa shape index (κ1) is 15.5. The molecule has 0 aliphatic rings. The third-order valence-corrected chi connectivity index (χ3v) is 3.74. The topological polar surface area (TPSA) is 49.3 Å². The first-order valence-corrected chi connectivity index (χ1v) is 7.26. The van der Waals surface area contributed by atoms with Gasteiger partial charge in [0.05, 0.1) is 12.1 Å². The van der Waals surface area contributed by atoms with Gasteiger partial charge in [0, 0.05) is 20.8 Å². The third-order valence-electron chi connectivity index (χ3n) is 2.56. The largest absolute Gasteiger partial charge is 0.384 e. The van der Waals surface area contributed by atoms with Crippen molar-refractivity contribution in [2.24, 2.45) is 0 Å². The van der Waals surface area contributed by atoms with Crippen LogP contribution >= 0.6 is 22.9 Å². The van der Waals surface area contributed by atoms with Gasteiger partial charge in [-0.2, -0.15) is 0 Å². The number of nitrogens with one attached hydrogen (secondary N) is 1. The van der Waals surface area contributed by atoms with Crippen LogP contribution in [0.5, 0.6) is 0 Å². The highest BCUT2D eigenvalue weighted by atomic mass is 35.5.